The minimum Gasteiger partial charge on any atom is -0.324 e. The molecule has 0 aromatic heterocycles. The number of anilines is 1. The monoisotopic (exact) mass is 260 g/mol. The summed E-state index contributed by atoms with van der Waals surface area (Å²) in [6, 6.07) is 3.42. The smallest absolute Gasteiger partial charge is 0.241 e. The number of nitrogens with two attached hydrogens (primary N) is 1. The Labute approximate surface area is 89.6 Å². The summed E-state index contributed by atoms with van der Waals surface area (Å²) in [5.74, 6) is -0.760. The van der Waals surface area contributed by atoms with Crippen LogP contribution in [0.3, 0.4) is 0 Å². The van der Waals surface area contributed by atoms with Crippen molar-refractivity contribution in [1.29, 1.82) is 0 Å². The Balaban J connectivity index is 2.86. The number of nitrogens with one attached hydrogen (secondary N) is 1. The lowest BCUT2D eigenvalue weighted by atomic mass is 10.3. The van der Waals surface area contributed by atoms with Gasteiger partial charge in [0.15, 0.2) is 0 Å². The summed E-state index contributed by atoms with van der Waals surface area (Å²) < 4.78 is 13.4. The van der Waals surface area contributed by atoms with Crippen molar-refractivity contribution in [2.75, 3.05) is 5.32 Å². The Kier molecular flexibility index (Phi) is 3.60. The van der Waals surface area contributed by atoms with Gasteiger partial charge < -0.3 is 11.1 Å². The summed E-state index contributed by atoms with van der Waals surface area (Å²) in [6.45, 7) is 1.56. The van der Waals surface area contributed by atoms with Crippen molar-refractivity contribution in [3.63, 3.8) is 0 Å². The molecule has 1 atom stereocenters. The lowest BCUT2D eigenvalue weighted by molar-refractivity contribution is -0.117. The van der Waals surface area contributed by atoms with Gasteiger partial charge in [-0.25, -0.2) is 4.39 Å². The fourth-order valence-corrected chi connectivity index (χ4v) is 1.19. The molecule has 76 valence electrons. The normalized spacial score (nSPS) is 12.3. The Morgan fingerprint density at radius 2 is 2.29 bits per heavy atom. The van der Waals surface area contributed by atoms with Crippen molar-refractivity contribution in [1.82, 2.24) is 0 Å². The van der Waals surface area contributed by atoms with Crippen molar-refractivity contribution >= 4 is 27.5 Å². The highest BCUT2D eigenvalue weighted by Crippen LogP contribution is 2.22. The molecule has 1 aromatic rings. The van der Waals surface area contributed by atoms with E-state index in [-0.39, 0.29) is 5.91 Å². The van der Waals surface area contributed by atoms with Crippen LogP contribution in [0.4, 0.5) is 10.1 Å². The third kappa shape index (κ3) is 2.78. The second-order valence-corrected chi connectivity index (χ2v) is 3.76. The van der Waals surface area contributed by atoms with E-state index in [2.05, 4.69) is 21.2 Å². The molecule has 3 N–H and O–H groups in total. The first-order valence-electron chi connectivity index (χ1n) is 4.02. The van der Waals surface area contributed by atoms with Gasteiger partial charge in [0.2, 0.25) is 5.91 Å². The standard InChI is InChI=1S/C9H10BrFN2O/c1-5(12)9(14)13-8-4-6(11)2-3-7(8)10/h2-5H,12H2,1H3,(H,13,14). The first kappa shape index (κ1) is 11.1. The molecule has 1 unspecified atom stereocenters. The molecule has 0 radical (unpaired) electrons. The van der Waals surface area contributed by atoms with E-state index in [4.69, 9.17) is 5.73 Å². The van der Waals surface area contributed by atoms with E-state index < -0.39 is 11.9 Å². The Morgan fingerprint density at radius 3 is 2.86 bits per heavy atom. The van der Waals surface area contributed by atoms with E-state index in [0.29, 0.717) is 10.2 Å². The molecule has 0 spiro atoms. The van der Waals surface area contributed by atoms with Gasteiger partial charge in [-0.3, -0.25) is 4.79 Å². The number of hydrogen-bond donors (Lipinski definition) is 2. The molecule has 0 saturated carbocycles. The first-order valence-corrected chi connectivity index (χ1v) is 4.81. The van der Waals surface area contributed by atoms with Crippen LogP contribution in [0.2, 0.25) is 0 Å². The molecule has 5 heteroatoms. The van der Waals surface area contributed by atoms with Gasteiger partial charge in [0.1, 0.15) is 5.82 Å². The molecule has 14 heavy (non-hydrogen) atoms. The predicted molar refractivity (Wildman–Crippen MR) is 56.4 cm³/mol. The molecule has 0 heterocycles. The topological polar surface area (TPSA) is 55.1 Å². The summed E-state index contributed by atoms with van der Waals surface area (Å²) in [4.78, 5) is 11.2. The number of benzene rings is 1. The Bertz CT molecular complexity index is 355. The molecule has 3 nitrogen and oxygen atoms in total. The van der Waals surface area contributed by atoms with Crippen LogP contribution in [0.5, 0.6) is 0 Å². The maximum atomic E-state index is 12.8. The molecule has 1 rings (SSSR count). The highest BCUT2D eigenvalue weighted by Gasteiger charge is 2.09. The van der Waals surface area contributed by atoms with E-state index in [0.717, 1.165) is 0 Å². The average molecular weight is 261 g/mol. The molecular formula is C9H10BrFN2O. The van der Waals surface area contributed by atoms with Crippen LogP contribution in [0, 0.1) is 5.82 Å². The van der Waals surface area contributed by atoms with Crippen molar-refractivity contribution < 1.29 is 9.18 Å². The molecule has 0 aliphatic carbocycles. The van der Waals surface area contributed by atoms with Crippen LogP contribution in [0.1, 0.15) is 6.92 Å². The van der Waals surface area contributed by atoms with Gasteiger partial charge in [0, 0.05) is 4.47 Å². The van der Waals surface area contributed by atoms with Crippen molar-refractivity contribution in [2.24, 2.45) is 5.73 Å². The lowest BCUT2D eigenvalue weighted by Crippen LogP contribution is -2.32. The van der Waals surface area contributed by atoms with Gasteiger partial charge in [-0.15, -0.1) is 0 Å². The van der Waals surface area contributed by atoms with E-state index in [1.807, 2.05) is 0 Å². The van der Waals surface area contributed by atoms with Crippen LogP contribution in [0.25, 0.3) is 0 Å². The minimum atomic E-state index is -0.620. The van der Waals surface area contributed by atoms with Crippen LogP contribution in [-0.4, -0.2) is 11.9 Å². The summed E-state index contributed by atoms with van der Waals surface area (Å²) in [5, 5.41) is 2.50. The quantitative estimate of drug-likeness (QED) is 0.853. The molecule has 1 amide bonds. The number of carbonyl (C=O) groups is 1. The fraction of sp³-hybridized carbons (Fsp3) is 0.222. The van der Waals surface area contributed by atoms with E-state index >= 15 is 0 Å². The Hall–Kier alpha value is -0.940. The molecule has 1 aromatic carbocycles. The van der Waals surface area contributed by atoms with E-state index in [9.17, 15) is 9.18 Å². The van der Waals surface area contributed by atoms with Gasteiger partial charge in [-0.2, -0.15) is 0 Å². The van der Waals surface area contributed by atoms with Crippen LogP contribution < -0.4 is 11.1 Å². The second kappa shape index (κ2) is 4.52. The minimum absolute atomic E-state index is 0.351. The molecule has 0 bridgehead atoms. The largest absolute Gasteiger partial charge is 0.324 e. The van der Waals surface area contributed by atoms with Gasteiger partial charge in [0.05, 0.1) is 11.7 Å². The maximum absolute atomic E-state index is 12.8. The lowest BCUT2D eigenvalue weighted by Gasteiger charge is -2.09. The number of rotatable bonds is 2. The van der Waals surface area contributed by atoms with Gasteiger partial charge in [-0.05, 0) is 41.1 Å². The number of hydrogen-bond acceptors (Lipinski definition) is 2. The SMILES string of the molecule is CC(N)C(=O)Nc1cc(F)ccc1Br. The van der Waals surface area contributed by atoms with Gasteiger partial charge in [0.25, 0.3) is 0 Å². The maximum Gasteiger partial charge on any atom is 0.241 e. The molecular weight excluding hydrogens is 251 g/mol. The van der Waals surface area contributed by atoms with Crippen LogP contribution in [0.15, 0.2) is 22.7 Å². The Morgan fingerprint density at radius 1 is 1.64 bits per heavy atom. The number of halogens is 2. The van der Waals surface area contributed by atoms with Crippen molar-refractivity contribution in [2.45, 2.75) is 13.0 Å². The fourth-order valence-electron chi connectivity index (χ4n) is 0.840. The van der Waals surface area contributed by atoms with Crippen LogP contribution in [-0.2, 0) is 4.79 Å². The zero-order chi connectivity index (χ0) is 10.7. The summed E-state index contributed by atoms with van der Waals surface area (Å²) in [5.41, 5.74) is 5.73. The highest BCUT2D eigenvalue weighted by atomic mass is 79.9. The zero-order valence-corrected chi connectivity index (χ0v) is 9.14. The predicted octanol–water partition coefficient (Wildman–Crippen LogP) is 1.87. The van der Waals surface area contributed by atoms with Gasteiger partial charge >= 0.3 is 0 Å². The molecule has 0 aliphatic heterocycles. The summed E-state index contributed by atoms with van der Waals surface area (Å²) in [7, 11) is 0. The summed E-state index contributed by atoms with van der Waals surface area (Å²) in [6.07, 6.45) is 0. The number of carbonyl (C=O) groups excluding carboxylic acids is 1. The third-order valence-corrected chi connectivity index (χ3v) is 2.29. The highest BCUT2D eigenvalue weighted by molar-refractivity contribution is 9.10. The zero-order valence-electron chi connectivity index (χ0n) is 7.55. The van der Waals surface area contributed by atoms with Crippen molar-refractivity contribution in [3.05, 3.63) is 28.5 Å². The number of amides is 1. The third-order valence-electron chi connectivity index (χ3n) is 1.60. The van der Waals surface area contributed by atoms with Crippen molar-refractivity contribution in [3.8, 4) is 0 Å². The molecule has 0 aliphatic rings. The molecule has 0 fully saturated rings. The molecule has 0 saturated heterocycles. The van der Waals surface area contributed by atoms with Crippen LogP contribution >= 0.6 is 15.9 Å². The first-order chi connectivity index (χ1) is 6.50. The second-order valence-electron chi connectivity index (χ2n) is 2.90. The summed E-state index contributed by atoms with van der Waals surface area (Å²) >= 11 is 3.19. The average Bonchev–Trinajstić information content (AvgIpc) is 2.11. The van der Waals surface area contributed by atoms with E-state index in [1.165, 1.54) is 18.2 Å². The van der Waals surface area contributed by atoms with Gasteiger partial charge in [-0.1, -0.05) is 0 Å². The van der Waals surface area contributed by atoms with E-state index in [1.54, 1.807) is 6.92 Å².